The molecule has 0 bridgehead atoms. The lowest BCUT2D eigenvalue weighted by Crippen LogP contribution is -2.40. The van der Waals surface area contributed by atoms with Crippen LogP contribution in [0, 0.1) is 17.6 Å². The van der Waals surface area contributed by atoms with Crippen molar-refractivity contribution in [3.05, 3.63) is 29.8 Å². The Kier molecular flexibility index (Phi) is 5.79. The van der Waals surface area contributed by atoms with Crippen LogP contribution in [0.15, 0.2) is 18.2 Å². The van der Waals surface area contributed by atoms with Crippen LogP contribution in [-0.2, 0) is 14.6 Å². The average molecular weight is 360 g/mol. The largest absolute Gasteiger partial charge is 0.367 e. The van der Waals surface area contributed by atoms with E-state index in [1.54, 1.807) is 18.7 Å². The van der Waals surface area contributed by atoms with Crippen molar-refractivity contribution in [2.45, 2.75) is 26.3 Å². The van der Waals surface area contributed by atoms with E-state index in [2.05, 4.69) is 5.32 Å². The molecule has 24 heavy (non-hydrogen) atoms. The van der Waals surface area contributed by atoms with Gasteiger partial charge in [-0.2, -0.15) is 0 Å². The van der Waals surface area contributed by atoms with Crippen molar-refractivity contribution < 1.29 is 22.0 Å². The molecule has 0 spiro atoms. The molecule has 0 aliphatic carbocycles. The van der Waals surface area contributed by atoms with Crippen molar-refractivity contribution >= 4 is 21.4 Å². The molecule has 1 saturated heterocycles. The number of carbonyl (C=O) groups excluding carboxylic acids is 1. The average Bonchev–Trinajstić information content (AvgIpc) is 2.84. The first kappa shape index (κ1) is 18.6. The van der Waals surface area contributed by atoms with Gasteiger partial charge in [-0.3, -0.25) is 4.79 Å². The maximum atomic E-state index is 13.8. The molecule has 1 aliphatic heterocycles. The first-order valence-electron chi connectivity index (χ1n) is 7.86. The van der Waals surface area contributed by atoms with E-state index in [4.69, 9.17) is 0 Å². The topological polar surface area (TPSA) is 66.5 Å². The number of hydrogen-bond donors (Lipinski definition) is 1. The summed E-state index contributed by atoms with van der Waals surface area (Å²) in [6.45, 7) is 4.42. The van der Waals surface area contributed by atoms with Crippen molar-refractivity contribution in [1.29, 1.82) is 0 Å². The van der Waals surface area contributed by atoms with Crippen molar-refractivity contribution in [3.8, 4) is 0 Å². The number of hydrogen-bond acceptors (Lipinski definition) is 4. The van der Waals surface area contributed by atoms with Crippen LogP contribution in [0.4, 0.5) is 14.5 Å². The summed E-state index contributed by atoms with van der Waals surface area (Å²) in [4.78, 5) is 13.6. The number of amides is 1. The summed E-state index contributed by atoms with van der Waals surface area (Å²) in [6.07, 6.45) is 0.576. The van der Waals surface area contributed by atoms with Crippen molar-refractivity contribution in [1.82, 2.24) is 5.32 Å². The normalized spacial score (nSPS) is 18.2. The molecule has 2 rings (SSSR count). The van der Waals surface area contributed by atoms with Gasteiger partial charge in [0.15, 0.2) is 9.84 Å². The third-order valence-corrected chi connectivity index (χ3v) is 5.62. The fourth-order valence-corrected chi connectivity index (χ4v) is 4.49. The van der Waals surface area contributed by atoms with Gasteiger partial charge in [-0.25, -0.2) is 17.2 Å². The predicted molar refractivity (Wildman–Crippen MR) is 88.6 cm³/mol. The molecule has 1 amide bonds. The van der Waals surface area contributed by atoms with Gasteiger partial charge in [-0.1, -0.05) is 13.8 Å². The summed E-state index contributed by atoms with van der Waals surface area (Å²) in [5.74, 6) is -2.43. The van der Waals surface area contributed by atoms with Gasteiger partial charge in [0, 0.05) is 25.2 Å². The highest BCUT2D eigenvalue weighted by Crippen LogP contribution is 2.24. The molecule has 1 atom stereocenters. The van der Waals surface area contributed by atoms with Gasteiger partial charge in [0.05, 0.1) is 11.4 Å². The second-order valence-corrected chi connectivity index (χ2v) is 8.65. The standard InChI is InChI=1S/C16H22F2N2O3S/c1-11(2)9-24(22,23)10-16(21)19-13-5-6-20(8-13)15-4-3-12(17)7-14(15)18/h3-4,7,11,13H,5-6,8-10H2,1-2H3,(H,19,21). The number of carbonyl (C=O) groups is 1. The molecule has 1 heterocycles. The summed E-state index contributed by atoms with van der Waals surface area (Å²) < 4.78 is 50.4. The van der Waals surface area contributed by atoms with Crippen molar-refractivity contribution in [2.75, 3.05) is 29.5 Å². The first-order valence-corrected chi connectivity index (χ1v) is 9.68. The third kappa shape index (κ3) is 5.15. The van der Waals surface area contributed by atoms with Gasteiger partial charge in [-0.05, 0) is 24.5 Å². The molecule has 5 nitrogen and oxygen atoms in total. The highest BCUT2D eigenvalue weighted by molar-refractivity contribution is 7.92. The Labute approximate surface area is 141 Å². The molecule has 1 aromatic carbocycles. The van der Waals surface area contributed by atoms with Gasteiger partial charge in [-0.15, -0.1) is 0 Å². The number of halogens is 2. The van der Waals surface area contributed by atoms with Gasteiger partial charge < -0.3 is 10.2 Å². The van der Waals surface area contributed by atoms with Gasteiger partial charge >= 0.3 is 0 Å². The van der Waals surface area contributed by atoms with Crippen LogP contribution in [-0.4, -0.2) is 45.0 Å². The number of rotatable bonds is 6. The number of nitrogens with one attached hydrogen (secondary N) is 1. The van der Waals surface area contributed by atoms with Crippen LogP contribution in [0.2, 0.25) is 0 Å². The molecule has 0 aromatic heterocycles. The van der Waals surface area contributed by atoms with Crippen LogP contribution in [0.5, 0.6) is 0 Å². The Morgan fingerprint density at radius 1 is 1.38 bits per heavy atom. The molecule has 1 aliphatic rings. The SMILES string of the molecule is CC(C)CS(=O)(=O)CC(=O)NC1CCN(c2ccc(F)cc2F)C1. The highest BCUT2D eigenvalue weighted by Gasteiger charge is 2.27. The molecule has 1 N–H and O–H groups in total. The van der Waals surface area contributed by atoms with Crippen LogP contribution in [0.25, 0.3) is 0 Å². The summed E-state index contributed by atoms with van der Waals surface area (Å²) in [7, 11) is -3.43. The molecule has 1 unspecified atom stereocenters. The highest BCUT2D eigenvalue weighted by atomic mass is 32.2. The Hall–Kier alpha value is -1.70. The number of sulfone groups is 1. The molecule has 0 saturated carbocycles. The van der Waals surface area contributed by atoms with E-state index < -0.39 is 33.1 Å². The smallest absolute Gasteiger partial charge is 0.235 e. The maximum Gasteiger partial charge on any atom is 0.235 e. The summed E-state index contributed by atoms with van der Waals surface area (Å²) in [5.41, 5.74) is 0.278. The number of benzene rings is 1. The fraction of sp³-hybridized carbons (Fsp3) is 0.562. The Morgan fingerprint density at radius 2 is 2.08 bits per heavy atom. The van der Waals surface area contributed by atoms with E-state index in [-0.39, 0.29) is 23.4 Å². The lowest BCUT2D eigenvalue weighted by molar-refractivity contribution is -0.119. The minimum atomic E-state index is -3.43. The fourth-order valence-electron chi connectivity index (χ4n) is 2.87. The van der Waals surface area contributed by atoms with Gasteiger partial charge in [0.25, 0.3) is 0 Å². The van der Waals surface area contributed by atoms with E-state index in [1.807, 2.05) is 0 Å². The molecule has 1 aromatic rings. The lowest BCUT2D eigenvalue weighted by Gasteiger charge is -2.19. The Balaban J connectivity index is 1.91. The summed E-state index contributed by atoms with van der Waals surface area (Å²) >= 11 is 0. The molecule has 134 valence electrons. The van der Waals surface area contributed by atoms with Crippen LogP contribution >= 0.6 is 0 Å². The van der Waals surface area contributed by atoms with Crippen LogP contribution < -0.4 is 10.2 Å². The Bertz CT molecular complexity index is 707. The minimum absolute atomic E-state index is 0.0298. The number of nitrogens with zero attached hydrogens (tertiary/aromatic N) is 1. The zero-order valence-electron chi connectivity index (χ0n) is 13.8. The zero-order valence-corrected chi connectivity index (χ0v) is 14.6. The van der Waals surface area contributed by atoms with E-state index in [0.717, 1.165) is 6.07 Å². The third-order valence-electron chi connectivity index (χ3n) is 3.74. The van der Waals surface area contributed by atoms with Crippen LogP contribution in [0.1, 0.15) is 20.3 Å². The van der Waals surface area contributed by atoms with E-state index in [0.29, 0.717) is 19.5 Å². The Morgan fingerprint density at radius 3 is 2.71 bits per heavy atom. The lowest BCUT2D eigenvalue weighted by atomic mass is 10.2. The summed E-state index contributed by atoms with van der Waals surface area (Å²) in [6, 6.07) is 3.11. The van der Waals surface area contributed by atoms with Crippen molar-refractivity contribution in [2.24, 2.45) is 5.92 Å². The van der Waals surface area contributed by atoms with E-state index >= 15 is 0 Å². The van der Waals surface area contributed by atoms with Gasteiger partial charge in [0.2, 0.25) is 5.91 Å². The quantitative estimate of drug-likeness (QED) is 0.839. The summed E-state index contributed by atoms with van der Waals surface area (Å²) in [5, 5.41) is 2.68. The number of anilines is 1. The minimum Gasteiger partial charge on any atom is -0.367 e. The molecule has 1 fully saturated rings. The van der Waals surface area contributed by atoms with Crippen molar-refractivity contribution in [3.63, 3.8) is 0 Å². The maximum absolute atomic E-state index is 13.8. The monoisotopic (exact) mass is 360 g/mol. The molecule has 8 heteroatoms. The van der Waals surface area contributed by atoms with E-state index in [1.165, 1.54) is 12.1 Å². The predicted octanol–water partition coefficient (Wildman–Crippen LogP) is 1.73. The van der Waals surface area contributed by atoms with Gasteiger partial charge in [0.1, 0.15) is 17.4 Å². The van der Waals surface area contributed by atoms with E-state index in [9.17, 15) is 22.0 Å². The molecule has 0 radical (unpaired) electrons. The first-order chi connectivity index (χ1) is 11.2. The second-order valence-electron chi connectivity index (χ2n) is 6.54. The molecular formula is C16H22F2N2O3S. The molecular weight excluding hydrogens is 338 g/mol. The second kappa shape index (κ2) is 7.46. The zero-order chi connectivity index (χ0) is 17.9. The van der Waals surface area contributed by atoms with Crippen LogP contribution in [0.3, 0.4) is 0 Å².